The average molecular weight is 254 g/mol. The van der Waals surface area contributed by atoms with Gasteiger partial charge in [0.25, 0.3) is 0 Å². The second-order valence-electron chi connectivity index (χ2n) is 4.94. The van der Waals surface area contributed by atoms with Crippen molar-refractivity contribution < 1.29 is 13.5 Å². The molecular weight excluding hydrogens is 238 g/mol. The Hall–Kier alpha value is -1.20. The van der Waals surface area contributed by atoms with E-state index in [1.807, 2.05) is 4.90 Å². The lowest BCUT2D eigenvalue weighted by Gasteiger charge is -2.34. The maximum atomic E-state index is 14.0. The fraction of sp³-hybridized carbons (Fsp3) is 0.538. The van der Waals surface area contributed by atoms with Gasteiger partial charge in [-0.25, -0.2) is 8.78 Å². The Morgan fingerprint density at radius 2 is 1.83 bits per heavy atom. The number of hydrogen-bond donors (Lipinski definition) is 1. The predicted octanol–water partition coefficient (Wildman–Crippen LogP) is 1.79. The molecule has 0 saturated carbocycles. The van der Waals surface area contributed by atoms with E-state index in [0.717, 1.165) is 12.8 Å². The van der Waals surface area contributed by atoms with Crippen LogP contribution >= 0.6 is 0 Å². The quantitative estimate of drug-likeness (QED) is 0.874. The molecule has 2 atom stereocenters. The Balaban J connectivity index is 1.90. The van der Waals surface area contributed by atoms with Crippen LogP contribution in [0.5, 0.6) is 0 Å². The van der Waals surface area contributed by atoms with E-state index >= 15 is 0 Å². The highest BCUT2D eigenvalue weighted by Gasteiger charge is 2.35. The highest BCUT2D eigenvalue weighted by atomic mass is 19.2. The van der Waals surface area contributed by atoms with Crippen LogP contribution in [-0.2, 0) is 11.3 Å². The minimum Gasteiger partial charge on any atom is -0.371 e. The van der Waals surface area contributed by atoms with E-state index < -0.39 is 11.6 Å². The molecule has 2 heterocycles. The molecule has 2 unspecified atom stereocenters. The van der Waals surface area contributed by atoms with E-state index in [-0.39, 0.29) is 24.3 Å². The number of nitrogens with two attached hydrogens (primary N) is 1. The van der Waals surface area contributed by atoms with Crippen LogP contribution in [0.2, 0.25) is 0 Å². The predicted molar refractivity (Wildman–Crippen MR) is 64.4 cm³/mol. The molecule has 2 fully saturated rings. The van der Waals surface area contributed by atoms with E-state index in [0.29, 0.717) is 18.8 Å². The zero-order valence-electron chi connectivity index (χ0n) is 10.0. The Morgan fingerprint density at radius 3 is 2.44 bits per heavy atom. The third kappa shape index (κ3) is 1.87. The lowest BCUT2D eigenvalue weighted by molar-refractivity contribution is 0.0302. The zero-order valence-corrected chi connectivity index (χ0v) is 10.0. The first-order valence-electron chi connectivity index (χ1n) is 6.26. The fourth-order valence-electron chi connectivity index (χ4n) is 2.79. The Bertz CT molecular complexity index is 455. The summed E-state index contributed by atoms with van der Waals surface area (Å²) in [6.07, 6.45) is 2.32. The summed E-state index contributed by atoms with van der Waals surface area (Å²) in [7, 11) is 0. The number of benzene rings is 1. The standard InChI is InChI=1S/C13H16F2N2O/c14-12-8(5-16)1-4-11(13(12)15)17-6-9-2-3-10(7-17)18-9/h1,4,9-10H,2-3,5-7,16H2. The molecule has 3 nitrogen and oxygen atoms in total. The SMILES string of the molecule is NCc1ccc(N2CC3CCC(C2)O3)c(F)c1F. The van der Waals surface area contributed by atoms with E-state index in [1.54, 1.807) is 12.1 Å². The largest absolute Gasteiger partial charge is 0.371 e. The van der Waals surface area contributed by atoms with Crippen molar-refractivity contribution in [2.24, 2.45) is 5.73 Å². The number of hydrogen-bond acceptors (Lipinski definition) is 3. The monoisotopic (exact) mass is 254 g/mol. The molecule has 18 heavy (non-hydrogen) atoms. The van der Waals surface area contributed by atoms with Gasteiger partial charge < -0.3 is 15.4 Å². The van der Waals surface area contributed by atoms with Crippen molar-refractivity contribution in [2.45, 2.75) is 31.6 Å². The van der Waals surface area contributed by atoms with Gasteiger partial charge in [0.05, 0.1) is 17.9 Å². The van der Waals surface area contributed by atoms with Crippen LogP contribution in [0.4, 0.5) is 14.5 Å². The summed E-state index contributed by atoms with van der Waals surface area (Å²) in [5.41, 5.74) is 5.90. The van der Waals surface area contributed by atoms with Crippen molar-refractivity contribution in [3.05, 3.63) is 29.3 Å². The van der Waals surface area contributed by atoms with Gasteiger partial charge in [-0.1, -0.05) is 6.07 Å². The molecule has 1 aromatic rings. The normalized spacial score (nSPS) is 26.7. The van der Waals surface area contributed by atoms with Crippen molar-refractivity contribution >= 4 is 5.69 Å². The molecule has 0 radical (unpaired) electrons. The molecule has 2 saturated heterocycles. The molecule has 0 amide bonds. The van der Waals surface area contributed by atoms with Gasteiger partial charge in [0.15, 0.2) is 11.6 Å². The minimum atomic E-state index is -0.825. The van der Waals surface area contributed by atoms with Gasteiger partial charge in [0.2, 0.25) is 0 Å². The maximum absolute atomic E-state index is 14.0. The molecule has 3 rings (SSSR count). The molecule has 2 N–H and O–H groups in total. The molecule has 5 heteroatoms. The Labute approximate surface area is 105 Å². The maximum Gasteiger partial charge on any atom is 0.182 e. The molecule has 1 aromatic carbocycles. The van der Waals surface area contributed by atoms with Crippen molar-refractivity contribution in [1.29, 1.82) is 0 Å². The summed E-state index contributed by atoms with van der Waals surface area (Å²) in [6, 6.07) is 3.18. The van der Waals surface area contributed by atoms with E-state index in [1.165, 1.54) is 0 Å². The van der Waals surface area contributed by atoms with Gasteiger partial charge >= 0.3 is 0 Å². The number of halogens is 2. The summed E-state index contributed by atoms with van der Waals surface area (Å²) in [6.45, 7) is 1.28. The molecule has 0 spiro atoms. The average Bonchev–Trinajstić information content (AvgIpc) is 2.71. The molecule has 98 valence electrons. The third-order valence-corrected chi connectivity index (χ3v) is 3.75. The van der Waals surface area contributed by atoms with Crippen LogP contribution in [0, 0.1) is 11.6 Å². The highest BCUT2D eigenvalue weighted by Crippen LogP contribution is 2.32. The first-order valence-corrected chi connectivity index (χ1v) is 6.26. The van der Waals surface area contributed by atoms with Crippen LogP contribution in [0.1, 0.15) is 18.4 Å². The van der Waals surface area contributed by atoms with Gasteiger partial charge in [-0.05, 0) is 18.9 Å². The Kier molecular flexibility index (Phi) is 2.95. The van der Waals surface area contributed by atoms with Gasteiger partial charge in [-0.3, -0.25) is 0 Å². The second kappa shape index (κ2) is 4.48. The smallest absolute Gasteiger partial charge is 0.182 e. The topological polar surface area (TPSA) is 38.5 Å². The first-order chi connectivity index (χ1) is 8.69. The lowest BCUT2D eigenvalue weighted by Crippen LogP contribution is -2.43. The number of ether oxygens (including phenoxy) is 1. The highest BCUT2D eigenvalue weighted by molar-refractivity contribution is 5.50. The second-order valence-corrected chi connectivity index (χ2v) is 4.94. The van der Waals surface area contributed by atoms with Crippen LogP contribution in [0.25, 0.3) is 0 Å². The number of nitrogens with zero attached hydrogens (tertiary/aromatic N) is 1. The van der Waals surface area contributed by atoms with E-state index in [4.69, 9.17) is 10.5 Å². The van der Waals surface area contributed by atoms with Gasteiger partial charge in [0, 0.05) is 25.2 Å². The van der Waals surface area contributed by atoms with Crippen molar-refractivity contribution in [1.82, 2.24) is 0 Å². The number of fused-ring (bicyclic) bond motifs is 2. The summed E-state index contributed by atoms with van der Waals surface area (Å²) in [5.74, 6) is -1.62. The van der Waals surface area contributed by atoms with Gasteiger partial charge in [-0.2, -0.15) is 0 Å². The molecule has 2 bridgehead atoms. The first kappa shape index (κ1) is 11.9. The zero-order chi connectivity index (χ0) is 12.7. The van der Waals surface area contributed by atoms with Gasteiger partial charge in [-0.15, -0.1) is 0 Å². The summed E-state index contributed by atoms with van der Waals surface area (Å²) in [5, 5.41) is 0. The summed E-state index contributed by atoms with van der Waals surface area (Å²) in [4.78, 5) is 1.88. The lowest BCUT2D eigenvalue weighted by atomic mass is 10.1. The van der Waals surface area contributed by atoms with E-state index in [2.05, 4.69) is 0 Å². The third-order valence-electron chi connectivity index (χ3n) is 3.75. The van der Waals surface area contributed by atoms with Crippen molar-refractivity contribution in [3.63, 3.8) is 0 Å². The molecule has 2 aliphatic rings. The van der Waals surface area contributed by atoms with Crippen LogP contribution in [0.15, 0.2) is 12.1 Å². The molecule has 0 aromatic heterocycles. The molecule has 0 aliphatic carbocycles. The number of rotatable bonds is 2. The Morgan fingerprint density at radius 1 is 1.17 bits per heavy atom. The van der Waals surface area contributed by atoms with E-state index in [9.17, 15) is 8.78 Å². The molecular formula is C13H16F2N2O. The van der Waals surface area contributed by atoms with Crippen LogP contribution in [-0.4, -0.2) is 25.3 Å². The summed E-state index contributed by atoms with van der Waals surface area (Å²) >= 11 is 0. The number of anilines is 1. The summed E-state index contributed by atoms with van der Waals surface area (Å²) < 4.78 is 33.4. The fourth-order valence-corrected chi connectivity index (χ4v) is 2.79. The molecule has 2 aliphatic heterocycles. The minimum absolute atomic E-state index is 0.0113. The van der Waals surface area contributed by atoms with Crippen molar-refractivity contribution in [2.75, 3.05) is 18.0 Å². The van der Waals surface area contributed by atoms with Crippen molar-refractivity contribution in [3.8, 4) is 0 Å². The van der Waals surface area contributed by atoms with Crippen LogP contribution < -0.4 is 10.6 Å². The van der Waals surface area contributed by atoms with Crippen LogP contribution in [0.3, 0.4) is 0 Å². The van der Waals surface area contributed by atoms with Gasteiger partial charge in [0.1, 0.15) is 0 Å². The number of morpholine rings is 1.